The van der Waals surface area contributed by atoms with Gasteiger partial charge in [-0.05, 0) is 12.3 Å². The van der Waals surface area contributed by atoms with Crippen LogP contribution in [0.25, 0.3) is 0 Å². The lowest BCUT2D eigenvalue weighted by atomic mass is 10.4. The van der Waals surface area contributed by atoms with E-state index in [0.29, 0.717) is 0 Å². The molecule has 0 heterocycles. The highest BCUT2D eigenvalue weighted by atomic mass is 16.3. The van der Waals surface area contributed by atoms with Crippen LogP contribution in [0.1, 0.15) is 0 Å². The summed E-state index contributed by atoms with van der Waals surface area (Å²) in [4.78, 5) is 0. The van der Waals surface area contributed by atoms with Crippen molar-refractivity contribution in [3.05, 3.63) is 23.9 Å². The molecule has 0 aromatic carbocycles. The van der Waals surface area contributed by atoms with Crippen LogP contribution >= 0.6 is 0 Å². The fourth-order valence-electron chi connectivity index (χ4n) is 0.189. The molecular weight excluding hydrogens is 106 g/mol. The summed E-state index contributed by atoms with van der Waals surface area (Å²) < 4.78 is 0. The predicted octanol–water partition coefficient (Wildman–Crippen LogP) is -0.897. The first-order chi connectivity index (χ1) is 3.68. The maximum absolute atomic E-state index is 8.38. The Hall–Kier alpha value is -1.32. The molecule has 0 spiro atoms. The third-order valence-corrected chi connectivity index (χ3v) is 0.572. The summed E-state index contributed by atoms with van der Waals surface area (Å²) in [5, 5.41) is 8.38. The predicted molar refractivity (Wildman–Crippen MR) is 31.4 cm³/mol. The lowest BCUT2D eigenvalue weighted by Crippen LogP contribution is -2.06. The second-order valence-electron chi connectivity index (χ2n) is 1.20. The number of hydrogen-bond donors (Lipinski definition) is 4. The number of allylic oxidation sites excluding steroid dienone is 1. The van der Waals surface area contributed by atoms with Gasteiger partial charge in [0, 0.05) is 0 Å². The van der Waals surface area contributed by atoms with Crippen molar-refractivity contribution in [2.45, 2.75) is 0 Å². The van der Waals surface area contributed by atoms with E-state index in [1.807, 2.05) is 0 Å². The van der Waals surface area contributed by atoms with Crippen molar-refractivity contribution in [1.29, 1.82) is 0 Å². The lowest BCUT2D eigenvalue weighted by molar-refractivity contribution is 0.399. The van der Waals surface area contributed by atoms with Gasteiger partial charge in [-0.2, -0.15) is 0 Å². The van der Waals surface area contributed by atoms with Crippen LogP contribution in [0.5, 0.6) is 0 Å². The number of nitrogens with two attached hydrogens (primary N) is 3. The van der Waals surface area contributed by atoms with E-state index in [0.717, 1.165) is 0 Å². The summed E-state index contributed by atoms with van der Waals surface area (Å²) in [5.74, 6) is -0.410. The molecule has 46 valence electrons. The Kier molecular flexibility index (Phi) is 2.33. The van der Waals surface area contributed by atoms with Crippen molar-refractivity contribution in [3.8, 4) is 0 Å². The molecular formula is C4H9N3O. The van der Waals surface area contributed by atoms with Gasteiger partial charge in [0.2, 0.25) is 5.88 Å². The van der Waals surface area contributed by atoms with E-state index >= 15 is 0 Å². The van der Waals surface area contributed by atoms with Crippen LogP contribution in [0.15, 0.2) is 23.9 Å². The molecule has 0 bridgehead atoms. The van der Waals surface area contributed by atoms with Gasteiger partial charge in [0.15, 0.2) is 0 Å². The largest absolute Gasteiger partial charge is 0.493 e. The van der Waals surface area contributed by atoms with Crippen LogP contribution in [-0.2, 0) is 0 Å². The Balaban J connectivity index is 4.00. The van der Waals surface area contributed by atoms with E-state index in [2.05, 4.69) is 0 Å². The molecule has 0 aromatic rings. The van der Waals surface area contributed by atoms with Crippen molar-refractivity contribution in [3.63, 3.8) is 0 Å². The summed E-state index contributed by atoms with van der Waals surface area (Å²) in [6.07, 6.45) is 2.49. The Morgan fingerprint density at radius 3 is 2.00 bits per heavy atom. The molecule has 0 aliphatic carbocycles. The molecule has 0 radical (unpaired) electrons. The van der Waals surface area contributed by atoms with Crippen molar-refractivity contribution < 1.29 is 5.11 Å². The molecule has 0 unspecified atom stereocenters. The van der Waals surface area contributed by atoms with Crippen molar-refractivity contribution in [1.82, 2.24) is 0 Å². The molecule has 0 atom stereocenters. The number of rotatable bonds is 1. The van der Waals surface area contributed by atoms with Crippen LogP contribution < -0.4 is 17.2 Å². The number of aliphatic hydroxyl groups is 1. The summed E-state index contributed by atoms with van der Waals surface area (Å²) >= 11 is 0. The minimum absolute atomic E-state index is 0.0764. The van der Waals surface area contributed by atoms with E-state index in [1.165, 1.54) is 12.3 Å². The summed E-state index contributed by atoms with van der Waals surface area (Å²) in [7, 11) is 0. The lowest BCUT2D eigenvalue weighted by Gasteiger charge is -1.91. The zero-order valence-electron chi connectivity index (χ0n) is 4.33. The molecule has 0 fully saturated rings. The monoisotopic (exact) mass is 115 g/mol. The highest BCUT2D eigenvalue weighted by molar-refractivity contribution is 5.15. The minimum atomic E-state index is -0.410. The highest BCUT2D eigenvalue weighted by Crippen LogP contribution is 1.85. The van der Waals surface area contributed by atoms with E-state index in [1.54, 1.807) is 0 Å². The standard InChI is InChI=1S/C4H9N3O/c5-2-1-3(6)4(7)8/h1-2,8H,5-7H2/b2-1-,4-3-. The fourth-order valence-corrected chi connectivity index (χ4v) is 0.189. The van der Waals surface area contributed by atoms with Gasteiger partial charge in [-0.1, -0.05) is 0 Å². The normalized spacial score (nSPS) is 14.0. The zero-order chi connectivity index (χ0) is 6.57. The molecule has 8 heavy (non-hydrogen) atoms. The van der Waals surface area contributed by atoms with Gasteiger partial charge in [-0.15, -0.1) is 0 Å². The summed E-state index contributed by atoms with van der Waals surface area (Å²) in [6, 6.07) is 0. The van der Waals surface area contributed by atoms with E-state index in [4.69, 9.17) is 22.3 Å². The molecule has 0 aromatic heterocycles. The topological polar surface area (TPSA) is 98.3 Å². The number of hydrogen-bond acceptors (Lipinski definition) is 4. The maximum Gasteiger partial charge on any atom is 0.205 e. The molecule has 0 aliphatic heterocycles. The first kappa shape index (κ1) is 6.68. The van der Waals surface area contributed by atoms with Crippen LogP contribution in [-0.4, -0.2) is 5.11 Å². The molecule has 0 saturated heterocycles. The molecule has 0 amide bonds. The van der Waals surface area contributed by atoms with Gasteiger partial charge in [0.25, 0.3) is 0 Å². The third-order valence-electron chi connectivity index (χ3n) is 0.572. The Labute approximate surface area is 47.3 Å². The molecule has 0 aliphatic rings. The average molecular weight is 115 g/mol. The first-order valence-corrected chi connectivity index (χ1v) is 2.01. The van der Waals surface area contributed by atoms with E-state index < -0.39 is 5.88 Å². The smallest absolute Gasteiger partial charge is 0.205 e. The molecule has 4 heteroatoms. The molecule has 4 nitrogen and oxygen atoms in total. The Morgan fingerprint density at radius 1 is 1.38 bits per heavy atom. The highest BCUT2D eigenvalue weighted by Gasteiger charge is 1.85. The summed E-state index contributed by atoms with van der Waals surface area (Å²) in [5.41, 5.74) is 14.9. The van der Waals surface area contributed by atoms with Crippen molar-refractivity contribution in [2.75, 3.05) is 0 Å². The minimum Gasteiger partial charge on any atom is -0.493 e. The van der Waals surface area contributed by atoms with Crippen LogP contribution in [0.3, 0.4) is 0 Å². The van der Waals surface area contributed by atoms with E-state index in [-0.39, 0.29) is 5.70 Å². The van der Waals surface area contributed by atoms with Gasteiger partial charge in [0.05, 0.1) is 5.70 Å². The zero-order valence-corrected chi connectivity index (χ0v) is 4.33. The molecule has 0 saturated carbocycles. The first-order valence-electron chi connectivity index (χ1n) is 2.01. The van der Waals surface area contributed by atoms with Crippen molar-refractivity contribution in [2.24, 2.45) is 17.2 Å². The van der Waals surface area contributed by atoms with Crippen molar-refractivity contribution >= 4 is 0 Å². The quantitative estimate of drug-likeness (QED) is 0.263. The van der Waals surface area contributed by atoms with Gasteiger partial charge >= 0.3 is 0 Å². The van der Waals surface area contributed by atoms with Crippen LogP contribution in [0.2, 0.25) is 0 Å². The van der Waals surface area contributed by atoms with Gasteiger partial charge in [-0.3, -0.25) is 0 Å². The Bertz CT molecular complexity index is 123. The second kappa shape index (κ2) is 2.79. The average Bonchev–Trinajstić information content (AvgIpc) is 1.67. The van der Waals surface area contributed by atoms with Crippen LogP contribution in [0, 0.1) is 0 Å². The van der Waals surface area contributed by atoms with Gasteiger partial charge in [0.1, 0.15) is 0 Å². The number of aliphatic hydroxyl groups excluding tert-OH is 1. The fraction of sp³-hybridized carbons (Fsp3) is 0. The van der Waals surface area contributed by atoms with Gasteiger partial charge in [-0.25, -0.2) is 0 Å². The SMILES string of the molecule is N/C=C\C(N)=C(/N)O. The maximum atomic E-state index is 8.38. The molecule has 7 N–H and O–H groups in total. The third kappa shape index (κ3) is 1.96. The Morgan fingerprint density at radius 2 is 1.88 bits per heavy atom. The van der Waals surface area contributed by atoms with Gasteiger partial charge < -0.3 is 22.3 Å². The summed E-state index contributed by atoms with van der Waals surface area (Å²) in [6.45, 7) is 0. The second-order valence-corrected chi connectivity index (χ2v) is 1.20. The van der Waals surface area contributed by atoms with Crippen LogP contribution in [0.4, 0.5) is 0 Å². The van der Waals surface area contributed by atoms with E-state index in [9.17, 15) is 0 Å². The molecule has 0 rings (SSSR count).